The molecule has 2 aromatic rings. The van der Waals surface area contributed by atoms with E-state index in [1.165, 1.54) is 10.2 Å². The van der Waals surface area contributed by atoms with Crippen molar-refractivity contribution in [1.82, 2.24) is 20.1 Å². The van der Waals surface area contributed by atoms with Gasteiger partial charge in [0, 0.05) is 23.5 Å². The standard InChI is InChI=1S/C15H17BrN4O/c1-10-18-13(20(2)19-10)14(21)17-9-15(7-8-15)11-5-3-4-6-12(11)16/h3-6H,7-9H2,1-2H3,(H,17,21). The molecule has 1 amide bonds. The van der Waals surface area contributed by atoms with Gasteiger partial charge in [-0.15, -0.1) is 0 Å². The first-order chi connectivity index (χ1) is 10.0. The van der Waals surface area contributed by atoms with E-state index in [1.807, 2.05) is 18.2 Å². The molecular formula is C15H17BrN4O. The minimum atomic E-state index is -0.170. The third-order valence-corrected chi connectivity index (χ3v) is 4.65. The van der Waals surface area contributed by atoms with Crippen LogP contribution in [0.25, 0.3) is 0 Å². The molecule has 5 nitrogen and oxygen atoms in total. The van der Waals surface area contributed by atoms with E-state index >= 15 is 0 Å². The fourth-order valence-corrected chi connectivity index (χ4v) is 3.33. The van der Waals surface area contributed by atoms with Crippen LogP contribution in [0.4, 0.5) is 0 Å². The van der Waals surface area contributed by atoms with E-state index < -0.39 is 0 Å². The smallest absolute Gasteiger partial charge is 0.288 e. The van der Waals surface area contributed by atoms with Gasteiger partial charge in [-0.2, -0.15) is 5.10 Å². The predicted octanol–water partition coefficient (Wildman–Crippen LogP) is 2.35. The Labute approximate surface area is 131 Å². The zero-order valence-corrected chi connectivity index (χ0v) is 13.6. The van der Waals surface area contributed by atoms with Crippen molar-refractivity contribution in [3.8, 4) is 0 Å². The fraction of sp³-hybridized carbons (Fsp3) is 0.400. The second kappa shape index (κ2) is 5.26. The van der Waals surface area contributed by atoms with Crippen LogP contribution < -0.4 is 5.32 Å². The van der Waals surface area contributed by atoms with E-state index in [0.717, 1.165) is 17.3 Å². The Balaban J connectivity index is 1.72. The third-order valence-electron chi connectivity index (χ3n) is 3.96. The SMILES string of the molecule is Cc1nc(C(=O)NCC2(c3ccccc3Br)CC2)n(C)n1. The first-order valence-corrected chi connectivity index (χ1v) is 7.72. The highest BCUT2D eigenvalue weighted by atomic mass is 79.9. The molecule has 0 aliphatic heterocycles. The average molecular weight is 349 g/mol. The van der Waals surface area contributed by atoms with E-state index in [4.69, 9.17) is 0 Å². The maximum Gasteiger partial charge on any atom is 0.288 e. The number of carbonyl (C=O) groups excluding carboxylic acids is 1. The molecule has 1 aliphatic carbocycles. The molecule has 3 rings (SSSR count). The first-order valence-electron chi connectivity index (χ1n) is 6.93. The van der Waals surface area contributed by atoms with Gasteiger partial charge in [-0.3, -0.25) is 4.79 Å². The van der Waals surface area contributed by atoms with Gasteiger partial charge in [-0.25, -0.2) is 9.67 Å². The van der Waals surface area contributed by atoms with Gasteiger partial charge in [-0.05, 0) is 31.4 Å². The van der Waals surface area contributed by atoms with Crippen molar-refractivity contribution in [3.05, 3.63) is 46.0 Å². The molecule has 1 N–H and O–H groups in total. The van der Waals surface area contributed by atoms with Crippen molar-refractivity contribution >= 4 is 21.8 Å². The largest absolute Gasteiger partial charge is 0.348 e. The highest BCUT2D eigenvalue weighted by Crippen LogP contribution is 2.49. The van der Waals surface area contributed by atoms with Crippen LogP contribution in [0.2, 0.25) is 0 Å². The van der Waals surface area contributed by atoms with Crippen molar-refractivity contribution in [3.63, 3.8) is 0 Å². The van der Waals surface area contributed by atoms with Crippen LogP contribution in [0.15, 0.2) is 28.7 Å². The zero-order valence-electron chi connectivity index (χ0n) is 12.1. The molecule has 1 saturated carbocycles. The molecule has 0 atom stereocenters. The quantitative estimate of drug-likeness (QED) is 0.922. The molecule has 1 aromatic carbocycles. The molecule has 1 heterocycles. The van der Waals surface area contributed by atoms with Gasteiger partial charge in [0.2, 0.25) is 5.82 Å². The average Bonchev–Trinajstić information content (AvgIpc) is 3.16. The Hall–Kier alpha value is -1.69. The monoisotopic (exact) mass is 348 g/mol. The Morgan fingerprint density at radius 3 is 2.71 bits per heavy atom. The number of benzene rings is 1. The Bertz CT molecular complexity index is 691. The number of nitrogens with zero attached hydrogens (tertiary/aromatic N) is 3. The van der Waals surface area contributed by atoms with Gasteiger partial charge in [0.1, 0.15) is 5.82 Å². The second-order valence-corrected chi connectivity index (χ2v) is 6.40. The van der Waals surface area contributed by atoms with Crippen LogP contribution >= 0.6 is 15.9 Å². The maximum absolute atomic E-state index is 12.2. The molecule has 1 fully saturated rings. The van der Waals surface area contributed by atoms with Crippen molar-refractivity contribution in [2.75, 3.05) is 6.54 Å². The molecule has 6 heteroatoms. The van der Waals surface area contributed by atoms with Gasteiger partial charge in [0.25, 0.3) is 5.91 Å². The van der Waals surface area contributed by atoms with E-state index in [0.29, 0.717) is 18.2 Å². The van der Waals surface area contributed by atoms with Crippen LogP contribution in [0.5, 0.6) is 0 Å². The lowest BCUT2D eigenvalue weighted by atomic mass is 9.96. The Morgan fingerprint density at radius 2 is 2.14 bits per heavy atom. The topological polar surface area (TPSA) is 59.8 Å². The van der Waals surface area contributed by atoms with Gasteiger partial charge in [0.15, 0.2) is 0 Å². The molecule has 0 bridgehead atoms. The Kier molecular flexibility index (Phi) is 3.57. The molecule has 0 saturated heterocycles. The van der Waals surface area contributed by atoms with Gasteiger partial charge in [0.05, 0.1) is 0 Å². The van der Waals surface area contributed by atoms with E-state index in [1.54, 1.807) is 14.0 Å². The molecule has 110 valence electrons. The summed E-state index contributed by atoms with van der Waals surface area (Å²) in [6.07, 6.45) is 2.18. The summed E-state index contributed by atoms with van der Waals surface area (Å²) >= 11 is 3.60. The minimum Gasteiger partial charge on any atom is -0.348 e. The summed E-state index contributed by atoms with van der Waals surface area (Å²) in [5, 5.41) is 7.10. The van der Waals surface area contributed by atoms with Gasteiger partial charge in [-0.1, -0.05) is 34.1 Å². The molecular weight excluding hydrogens is 332 g/mol. The van der Waals surface area contributed by atoms with Crippen LogP contribution in [0.3, 0.4) is 0 Å². The number of rotatable bonds is 4. The first kappa shape index (κ1) is 14.3. The molecule has 1 aliphatic rings. The van der Waals surface area contributed by atoms with Crippen molar-refractivity contribution in [2.24, 2.45) is 7.05 Å². The van der Waals surface area contributed by atoms with E-state index in [9.17, 15) is 4.79 Å². The van der Waals surface area contributed by atoms with Gasteiger partial charge < -0.3 is 5.32 Å². The van der Waals surface area contributed by atoms with Crippen molar-refractivity contribution < 1.29 is 4.79 Å². The summed E-state index contributed by atoms with van der Waals surface area (Å²) in [5.41, 5.74) is 1.32. The van der Waals surface area contributed by atoms with Crippen molar-refractivity contribution in [1.29, 1.82) is 0 Å². The number of hydrogen-bond acceptors (Lipinski definition) is 3. The summed E-state index contributed by atoms with van der Waals surface area (Å²) < 4.78 is 2.62. The lowest BCUT2D eigenvalue weighted by Gasteiger charge is -2.18. The summed E-state index contributed by atoms with van der Waals surface area (Å²) in [4.78, 5) is 16.4. The summed E-state index contributed by atoms with van der Waals surface area (Å²) in [6, 6.07) is 8.21. The van der Waals surface area contributed by atoms with Crippen LogP contribution in [-0.2, 0) is 12.5 Å². The number of aryl methyl sites for hydroxylation is 2. The number of nitrogens with one attached hydrogen (secondary N) is 1. The van der Waals surface area contributed by atoms with Crippen molar-refractivity contribution in [2.45, 2.75) is 25.2 Å². The Morgan fingerprint density at radius 1 is 1.43 bits per heavy atom. The molecule has 0 spiro atoms. The molecule has 21 heavy (non-hydrogen) atoms. The molecule has 0 radical (unpaired) electrons. The zero-order chi connectivity index (χ0) is 15.0. The van der Waals surface area contributed by atoms with E-state index in [2.05, 4.69) is 37.4 Å². The van der Waals surface area contributed by atoms with Gasteiger partial charge >= 0.3 is 0 Å². The van der Waals surface area contributed by atoms with Crippen LogP contribution in [0, 0.1) is 6.92 Å². The van der Waals surface area contributed by atoms with Crippen LogP contribution in [0.1, 0.15) is 34.8 Å². The number of aromatic nitrogens is 3. The molecule has 0 unspecified atom stereocenters. The number of hydrogen-bond donors (Lipinski definition) is 1. The predicted molar refractivity (Wildman–Crippen MR) is 83.1 cm³/mol. The third kappa shape index (κ3) is 2.72. The summed E-state index contributed by atoms with van der Waals surface area (Å²) in [5.74, 6) is 0.793. The highest BCUT2D eigenvalue weighted by molar-refractivity contribution is 9.10. The fourth-order valence-electron chi connectivity index (χ4n) is 2.62. The summed E-state index contributed by atoms with van der Waals surface area (Å²) in [6.45, 7) is 2.40. The molecule has 1 aromatic heterocycles. The summed E-state index contributed by atoms with van der Waals surface area (Å²) in [7, 11) is 1.73. The number of carbonyl (C=O) groups is 1. The number of amides is 1. The highest BCUT2D eigenvalue weighted by Gasteiger charge is 2.45. The lowest BCUT2D eigenvalue weighted by Crippen LogP contribution is -2.34. The maximum atomic E-state index is 12.2. The van der Waals surface area contributed by atoms with Crippen LogP contribution in [-0.4, -0.2) is 27.2 Å². The number of halogens is 1. The normalized spacial score (nSPS) is 15.8. The second-order valence-electron chi connectivity index (χ2n) is 5.55. The lowest BCUT2D eigenvalue weighted by molar-refractivity contribution is 0.0935. The van der Waals surface area contributed by atoms with E-state index in [-0.39, 0.29) is 11.3 Å². The minimum absolute atomic E-state index is 0.0589.